The number of nitrogen functional groups attached to an aromatic ring is 1. The summed E-state index contributed by atoms with van der Waals surface area (Å²) in [6.45, 7) is 2.44. The number of aromatic nitrogens is 2. The van der Waals surface area contributed by atoms with Crippen molar-refractivity contribution < 1.29 is 4.74 Å². The third-order valence-corrected chi connectivity index (χ3v) is 3.26. The van der Waals surface area contributed by atoms with Crippen LogP contribution in [0.25, 0.3) is 0 Å². The van der Waals surface area contributed by atoms with E-state index in [1.807, 2.05) is 0 Å². The van der Waals surface area contributed by atoms with Gasteiger partial charge in [-0.1, -0.05) is 0 Å². The number of hydrogen-bond donors (Lipinski definition) is 2. The second-order valence-corrected chi connectivity index (χ2v) is 4.68. The maximum atomic E-state index is 5.74. The summed E-state index contributed by atoms with van der Waals surface area (Å²) < 4.78 is 5.02. The van der Waals surface area contributed by atoms with Crippen LogP contribution >= 0.6 is 0 Å². The lowest BCUT2D eigenvalue weighted by Crippen LogP contribution is -2.31. The van der Waals surface area contributed by atoms with Crippen LogP contribution in [0.2, 0.25) is 0 Å². The Morgan fingerprint density at radius 3 is 3.06 bits per heavy atom. The smallest absolute Gasteiger partial charge is 0.158 e. The number of likely N-dealkylation sites (tertiary alicyclic amines) is 1. The van der Waals surface area contributed by atoms with Gasteiger partial charge in [-0.3, -0.25) is 0 Å². The zero-order valence-electron chi connectivity index (χ0n) is 11.0. The predicted molar refractivity (Wildman–Crippen MR) is 71.3 cm³/mol. The molecule has 1 atom stereocenters. The van der Waals surface area contributed by atoms with Crippen LogP contribution in [0.4, 0.5) is 11.6 Å². The highest BCUT2D eigenvalue weighted by atomic mass is 16.5. The maximum absolute atomic E-state index is 5.74. The summed E-state index contributed by atoms with van der Waals surface area (Å²) in [6.07, 6.45) is 2.50. The Kier molecular flexibility index (Phi) is 4.33. The Balaban J connectivity index is 1.95. The average Bonchev–Trinajstić information content (AvgIpc) is 2.72. The summed E-state index contributed by atoms with van der Waals surface area (Å²) in [7, 11) is 3.77. The van der Waals surface area contributed by atoms with Crippen molar-refractivity contribution in [2.45, 2.75) is 25.5 Å². The quantitative estimate of drug-likeness (QED) is 0.802. The van der Waals surface area contributed by atoms with Crippen molar-refractivity contribution in [3.8, 4) is 0 Å². The van der Waals surface area contributed by atoms with E-state index in [0.29, 0.717) is 24.3 Å². The normalized spacial score (nSPS) is 20.2. The summed E-state index contributed by atoms with van der Waals surface area (Å²) in [5, 5.41) is 3.33. The molecule has 0 amide bonds. The number of rotatable bonds is 5. The second kappa shape index (κ2) is 5.97. The van der Waals surface area contributed by atoms with E-state index in [9.17, 15) is 0 Å². The maximum Gasteiger partial charge on any atom is 0.158 e. The number of methoxy groups -OCH3 is 1. The molecule has 1 fully saturated rings. The molecular formula is C12H21N5O. The first-order valence-corrected chi connectivity index (χ1v) is 6.25. The minimum absolute atomic E-state index is 0.378. The first-order valence-electron chi connectivity index (χ1n) is 6.25. The molecule has 1 aliphatic rings. The number of hydrogen-bond acceptors (Lipinski definition) is 6. The van der Waals surface area contributed by atoms with E-state index in [0.717, 1.165) is 12.4 Å². The molecule has 1 aromatic heterocycles. The largest absolute Gasteiger partial charge is 0.384 e. The van der Waals surface area contributed by atoms with E-state index in [-0.39, 0.29) is 0 Å². The topological polar surface area (TPSA) is 76.3 Å². The van der Waals surface area contributed by atoms with Crippen LogP contribution in [0.1, 0.15) is 18.7 Å². The number of nitrogens with one attached hydrogen (secondary N) is 1. The van der Waals surface area contributed by atoms with E-state index in [4.69, 9.17) is 10.5 Å². The fourth-order valence-corrected chi connectivity index (χ4v) is 2.26. The van der Waals surface area contributed by atoms with Gasteiger partial charge in [-0.25, -0.2) is 9.97 Å². The van der Waals surface area contributed by atoms with Crippen LogP contribution in [0, 0.1) is 0 Å². The first kappa shape index (κ1) is 13.0. The number of likely N-dealkylation sites (N-methyl/N-ethyl adjacent to an activating group) is 1. The third-order valence-electron chi connectivity index (χ3n) is 3.26. The molecule has 0 spiro atoms. The van der Waals surface area contributed by atoms with Crippen LogP contribution in [0.15, 0.2) is 6.07 Å². The van der Waals surface area contributed by atoms with Gasteiger partial charge in [-0.05, 0) is 26.4 Å². The van der Waals surface area contributed by atoms with Crippen LogP contribution in [0.3, 0.4) is 0 Å². The van der Waals surface area contributed by atoms with Crippen molar-refractivity contribution in [2.75, 3.05) is 38.3 Å². The first-order chi connectivity index (χ1) is 8.69. The molecular weight excluding hydrogens is 230 g/mol. The van der Waals surface area contributed by atoms with Crippen LogP contribution in [0.5, 0.6) is 0 Å². The summed E-state index contributed by atoms with van der Waals surface area (Å²) in [4.78, 5) is 10.8. The van der Waals surface area contributed by atoms with Gasteiger partial charge < -0.3 is 20.7 Å². The van der Waals surface area contributed by atoms with Crippen molar-refractivity contribution in [3.05, 3.63) is 11.9 Å². The fraction of sp³-hybridized carbons (Fsp3) is 0.667. The molecule has 3 N–H and O–H groups in total. The molecule has 18 heavy (non-hydrogen) atoms. The molecule has 1 saturated heterocycles. The van der Waals surface area contributed by atoms with E-state index in [1.54, 1.807) is 13.2 Å². The Morgan fingerprint density at radius 1 is 1.56 bits per heavy atom. The van der Waals surface area contributed by atoms with Gasteiger partial charge in [0.2, 0.25) is 0 Å². The molecule has 6 heteroatoms. The number of ether oxygens (including phenoxy) is 1. The van der Waals surface area contributed by atoms with Crippen LogP contribution < -0.4 is 11.1 Å². The van der Waals surface area contributed by atoms with Gasteiger partial charge in [-0.15, -0.1) is 0 Å². The van der Waals surface area contributed by atoms with E-state index in [2.05, 4.69) is 27.2 Å². The lowest BCUT2D eigenvalue weighted by atomic mass is 10.2. The van der Waals surface area contributed by atoms with E-state index >= 15 is 0 Å². The van der Waals surface area contributed by atoms with Gasteiger partial charge in [0.25, 0.3) is 0 Å². The van der Waals surface area contributed by atoms with Gasteiger partial charge >= 0.3 is 0 Å². The summed E-state index contributed by atoms with van der Waals surface area (Å²) in [5.41, 5.74) is 5.74. The van der Waals surface area contributed by atoms with E-state index in [1.165, 1.54) is 19.4 Å². The Morgan fingerprint density at radius 2 is 2.39 bits per heavy atom. The zero-order chi connectivity index (χ0) is 13.0. The summed E-state index contributed by atoms with van der Waals surface area (Å²) in [5.74, 6) is 1.86. The monoisotopic (exact) mass is 251 g/mol. The predicted octanol–water partition coefficient (Wildman–Crippen LogP) is 0.711. The lowest BCUT2D eigenvalue weighted by molar-refractivity contribution is 0.178. The van der Waals surface area contributed by atoms with Gasteiger partial charge in [0, 0.05) is 25.8 Å². The number of nitrogens with zero attached hydrogens (tertiary/aromatic N) is 3. The molecule has 2 heterocycles. The molecule has 6 nitrogen and oxygen atoms in total. The number of nitrogens with two attached hydrogens (primary N) is 1. The average molecular weight is 251 g/mol. The van der Waals surface area contributed by atoms with E-state index < -0.39 is 0 Å². The second-order valence-electron chi connectivity index (χ2n) is 4.68. The minimum Gasteiger partial charge on any atom is -0.384 e. The van der Waals surface area contributed by atoms with Crippen molar-refractivity contribution in [2.24, 2.45) is 0 Å². The summed E-state index contributed by atoms with van der Waals surface area (Å²) >= 11 is 0. The fourth-order valence-electron chi connectivity index (χ4n) is 2.26. The zero-order valence-corrected chi connectivity index (χ0v) is 11.0. The Hall–Kier alpha value is -1.40. The van der Waals surface area contributed by atoms with Gasteiger partial charge in [0.15, 0.2) is 5.82 Å². The van der Waals surface area contributed by atoms with Gasteiger partial charge in [0.05, 0.1) is 0 Å². The highest BCUT2D eigenvalue weighted by molar-refractivity contribution is 5.44. The molecule has 2 rings (SSSR count). The lowest BCUT2D eigenvalue weighted by Gasteiger charge is -2.20. The molecule has 100 valence electrons. The SMILES string of the molecule is COCc1nc(N)cc(NCC2CCCN2C)n1. The van der Waals surface area contributed by atoms with Crippen molar-refractivity contribution in [1.82, 2.24) is 14.9 Å². The molecule has 1 aliphatic heterocycles. The van der Waals surface area contributed by atoms with Crippen molar-refractivity contribution >= 4 is 11.6 Å². The van der Waals surface area contributed by atoms with Crippen molar-refractivity contribution in [1.29, 1.82) is 0 Å². The van der Waals surface area contributed by atoms with Crippen LogP contribution in [-0.4, -0.2) is 48.2 Å². The number of anilines is 2. The Labute approximate surface area is 108 Å². The van der Waals surface area contributed by atoms with Crippen molar-refractivity contribution in [3.63, 3.8) is 0 Å². The molecule has 0 aromatic carbocycles. The minimum atomic E-state index is 0.378. The molecule has 0 saturated carbocycles. The third kappa shape index (κ3) is 3.30. The molecule has 0 aliphatic carbocycles. The standard InChI is InChI=1S/C12H21N5O/c1-17-5-3-4-9(17)7-14-11-6-10(13)15-12(16-11)8-18-2/h6,9H,3-5,7-8H2,1-2H3,(H3,13,14,15,16). The highest BCUT2D eigenvalue weighted by Crippen LogP contribution is 2.16. The van der Waals surface area contributed by atoms with Crippen LogP contribution in [-0.2, 0) is 11.3 Å². The molecule has 0 bridgehead atoms. The molecule has 0 radical (unpaired) electrons. The van der Waals surface area contributed by atoms with Gasteiger partial charge in [0.1, 0.15) is 18.2 Å². The summed E-state index contributed by atoms with van der Waals surface area (Å²) in [6, 6.07) is 2.33. The van der Waals surface area contributed by atoms with Gasteiger partial charge in [-0.2, -0.15) is 0 Å². The Bertz CT molecular complexity index is 398. The molecule has 1 unspecified atom stereocenters. The highest BCUT2D eigenvalue weighted by Gasteiger charge is 2.20. The molecule has 1 aromatic rings.